The first-order chi connectivity index (χ1) is 9.56. The zero-order chi connectivity index (χ0) is 14.5. The maximum absolute atomic E-state index is 12.1. The Labute approximate surface area is 120 Å². The van der Waals surface area contributed by atoms with Crippen LogP contribution >= 0.6 is 11.6 Å². The van der Waals surface area contributed by atoms with Gasteiger partial charge in [0.05, 0.1) is 0 Å². The van der Waals surface area contributed by atoms with Gasteiger partial charge in [0.15, 0.2) is 0 Å². The van der Waals surface area contributed by atoms with E-state index in [4.69, 9.17) is 21.1 Å². The smallest absolute Gasteiger partial charge is 0.347 e. The van der Waals surface area contributed by atoms with Crippen LogP contribution in [0.1, 0.15) is 17.3 Å². The first kappa shape index (κ1) is 14.1. The minimum atomic E-state index is -0.607. The van der Waals surface area contributed by atoms with Gasteiger partial charge in [0.2, 0.25) is 0 Å². The van der Waals surface area contributed by atoms with Crippen LogP contribution in [0.15, 0.2) is 48.5 Å². The summed E-state index contributed by atoms with van der Waals surface area (Å²) in [4.78, 5) is 23.0. The fraction of sp³-hybridized carbons (Fsp3) is 0.0667. The van der Waals surface area contributed by atoms with E-state index in [0.29, 0.717) is 10.8 Å². The molecule has 0 saturated heterocycles. The van der Waals surface area contributed by atoms with Crippen LogP contribution in [-0.4, -0.2) is 11.9 Å². The maximum atomic E-state index is 12.1. The lowest BCUT2D eigenvalue weighted by Crippen LogP contribution is -2.12. The Morgan fingerprint density at radius 3 is 2.25 bits per heavy atom. The van der Waals surface area contributed by atoms with Crippen LogP contribution in [0.3, 0.4) is 0 Å². The molecule has 0 atom stereocenters. The average molecular weight is 291 g/mol. The largest absolute Gasteiger partial charge is 0.426 e. The summed E-state index contributed by atoms with van der Waals surface area (Å²) in [5, 5.41) is 0.546. The van der Waals surface area contributed by atoms with Crippen molar-refractivity contribution in [1.82, 2.24) is 0 Å². The summed E-state index contributed by atoms with van der Waals surface area (Å²) >= 11 is 5.75. The van der Waals surface area contributed by atoms with Crippen molar-refractivity contribution in [3.63, 3.8) is 0 Å². The first-order valence-corrected chi connectivity index (χ1v) is 6.19. The Morgan fingerprint density at radius 1 is 0.950 bits per heavy atom. The van der Waals surface area contributed by atoms with Gasteiger partial charge in [0.1, 0.15) is 17.1 Å². The predicted octanol–water partition coefficient (Wildman–Crippen LogP) is 3.48. The van der Waals surface area contributed by atoms with Crippen molar-refractivity contribution in [2.24, 2.45) is 0 Å². The Morgan fingerprint density at radius 2 is 1.60 bits per heavy atom. The molecule has 0 saturated carbocycles. The normalized spacial score (nSPS) is 9.90. The third-order valence-electron chi connectivity index (χ3n) is 2.38. The summed E-state index contributed by atoms with van der Waals surface area (Å²) in [5.74, 6) is -0.586. The second kappa shape index (κ2) is 6.21. The van der Waals surface area contributed by atoms with Crippen LogP contribution < -0.4 is 9.47 Å². The number of carbonyl (C=O) groups excluding carboxylic acids is 2. The third kappa shape index (κ3) is 3.59. The minimum Gasteiger partial charge on any atom is -0.426 e. The predicted molar refractivity (Wildman–Crippen MR) is 74.2 cm³/mol. The van der Waals surface area contributed by atoms with Crippen molar-refractivity contribution in [2.45, 2.75) is 6.92 Å². The van der Waals surface area contributed by atoms with Gasteiger partial charge in [0, 0.05) is 11.9 Å². The van der Waals surface area contributed by atoms with E-state index < -0.39 is 11.9 Å². The van der Waals surface area contributed by atoms with E-state index in [0.717, 1.165) is 0 Å². The zero-order valence-corrected chi connectivity index (χ0v) is 11.4. The number of hydrogen-bond acceptors (Lipinski definition) is 4. The molecular formula is C15H11ClO4. The van der Waals surface area contributed by atoms with Crippen LogP contribution in [0, 0.1) is 0 Å². The van der Waals surface area contributed by atoms with Crippen molar-refractivity contribution in [3.05, 3.63) is 59.1 Å². The van der Waals surface area contributed by atoms with Gasteiger partial charge >= 0.3 is 11.9 Å². The van der Waals surface area contributed by atoms with Crippen LogP contribution in [0.25, 0.3) is 0 Å². The number of hydrogen-bond donors (Lipinski definition) is 0. The molecule has 0 aliphatic carbocycles. The lowest BCUT2D eigenvalue weighted by atomic mass is 10.2. The van der Waals surface area contributed by atoms with Gasteiger partial charge in [-0.25, -0.2) is 4.79 Å². The van der Waals surface area contributed by atoms with Gasteiger partial charge in [-0.15, -0.1) is 0 Å². The number of carbonyl (C=O) groups is 2. The van der Waals surface area contributed by atoms with Crippen molar-refractivity contribution in [3.8, 4) is 11.5 Å². The van der Waals surface area contributed by atoms with E-state index in [1.807, 2.05) is 0 Å². The number of halogens is 1. The van der Waals surface area contributed by atoms with Crippen molar-refractivity contribution >= 4 is 23.5 Å². The fourth-order valence-corrected chi connectivity index (χ4v) is 1.67. The topological polar surface area (TPSA) is 52.6 Å². The fourth-order valence-electron chi connectivity index (χ4n) is 1.54. The zero-order valence-electron chi connectivity index (χ0n) is 10.6. The molecule has 0 fully saturated rings. The van der Waals surface area contributed by atoms with Crippen molar-refractivity contribution in [1.29, 1.82) is 0 Å². The molecular weight excluding hydrogens is 280 g/mol. The highest BCUT2D eigenvalue weighted by Gasteiger charge is 2.15. The molecule has 0 bridgehead atoms. The summed E-state index contributed by atoms with van der Waals surface area (Å²) in [6.45, 7) is 1.27. The SMILES string of the molecule is CC(=O)Oc1ccccc1C(=O)Oc1ccc(Cl)cc1. The van der Waals surface area contributed by atoms with Gasteiger partial charge in [-0.2, -0.15) is 0 Å². The molecule has 2 aromatic rings. The number of benzene rings is 2. The van der Waals surface area contributed by atoms with Gasteiger partial charge in [-0.1, -0.05) is 23.7 Å². The summed E-state index contributed by atoms with van der Waals surface area (Å²) in [5.41, 5.74) is 0.178. The second-order valence-electron chi connectivity index (χ2n) is 3.93. The van der Waals surface area contributed by atoms with E-state index in [1.54, 1.807) is 36.4 Å². The van der Waals surface area contributed by atoms with E-state index in [2.05, 4.69) is 0 Å². The molecule has 0 aromatic heterocycles. The van der Waals surface area contributed by atoms with Crippen LogP contribution in [-0.2, 0) is 4.79 Å². The Bertz CT molecular complexity index is 635. The summed E-state index contributed by atoms with van der Waals surface area (Å²) in [6.07, 6.45) is 0. The molecule has 0 amide bonds. The summed E-state index contributed by atoms with van der Waals surface area (Å²) in [6, 6.07) is 12.8. The highest BCUT2D eigenvalue weighted by atomic mass is 35.5. The number of esters is 2. The quantitative estimate of drug-likeness (QED) is 0.641. The Kier molecular flexibility index (Phi) is 4.38. The highest BCUT2D eigenvalue weighted by molar-refractivity contribution is 6.30. The van der Waals surface area contributed by atoms with Crippen LogP contribution in [0.2, 0.25) is 5.02 Å². The standard InChI is InChI=1S/C15H11ClO4/c1-10(17)19-14-5-3-2-4-13(14)15(18)20-12-8-6-11(16)7-9-12/h2-9H,1H3. The molecule has 102 valence electrons. The highest BCUT2D eigenvalue weighted by Crippen LogP contribution is 2.22. The van der Waals surface area contributed by atoms with Gasteiger partial charge in [-0.3, -0.25) is 4.79 Å². The molecule has 0 radical (unpaired) electrons. The lowest BCUT2D eigenvalue weighted by molar-refractivity contribution is -0.131. The average Bonchev–Trinajstić information content (AvgIpc) is 2.41. The molecule has 2 aromatic carbocycles. The number of rotatable bonds is 3. The summed E-state index contributed by atoms with van der Waals surface area (Å²) < 4.78 is 10.2. The molecule has 0 heterocycles. The maximum Gasteiger partial charge on any atom is 0.347 e. The second-order valence-corrected chi connectivity index (χ2v) is 4.37. The molecule has 0 aliphatic rings. The molecule has 0 spiro atoms. The first-order valence-electron chi connectivity index (χ1n) is 5.81. The van der Waals surface area contributed by atoms with Crippen LogP contribution in [0.5, 0.6) is 11.5 Å². The van der Waals surface area contributed by atoms with Gasteiger partial charge < -0.3 is 9.47 Å². The van der Waals surface area contributed by atoms with E-state index in [1.165, 1.54) is 19.1 Å². The molecule has 0 unspecified atom stereocenters. The van der Waals surface area contributed by atoms with Crippen LogP contribution in [0.4, 0.5) is 0 Å². The van der Waals surface area contributed by atoms with Gasteiger partial charge in [0.25, 0.3) is 0 Å². The third-order valence-corrected chi connectivity index (χ3v) is 2.64. The molecule has 0 N–H and O–H groups in total. The monoisotopic (exact) mass is 290 g/mol. The minimum absolute atomic E-state index is 0.166. The molecule has 0 aliphatic heterocycles. The van der Waals surface area contributed by atoms with Crippen molar-refractivity contribution in [2.75, 3.05) is 0 Å². The molecule has 20 heavy (non-hydrogen) atoms. The summed E-state index contributed by atoms with van der Waals surface area (Å²) in [7, 11) is 0. The Balaban J connectivity index is 2.20. The van der Waals surface area contributed by atoms with Gasteiger partial charge in [-0.05, 0) is 36.4 Å². The molecule has 2 rings (SSSR count). The van der Waals surface area contributed by atoms with E-state index in [9.17, 15) is 9.59 Å². The number of ether oxygens (including phenoxy) is 2. The lowest BCUT2D eigenvalue weighted by Gasteiger charge is -2.08. The molecule has 5 heteroatoms. The van der Waals surface area contributed by atoms with Crippen molar-refractivity contribution < 1.29 is 19.1 Å². The molecule has 4 nitrogen and oxygen atoms in total. The van der Waals surface area contributed by atoms with E-state index in [-0.39, 0.29) is 11.3 Å². The van der Waals surface area contributed by atoms with E-state index >= 15 is 0 Å². The number of para-hydroxylation sites is 1. The Hall–Kier alpha value is -2.33.